The van der Waals surface area contributed by atoms with Crippen molar-refractivity contribution in [3.05, 3.63) is 0 Å². The van der Waals surface area contributed by atoms with Gasteiger partial charge in [0, 0.05) is 17.6 Å². The largest absolute Gasteiger partial charge is 0.303 e. The maximum atomic E-state index is 3.43. The lowest BCUT2D eigenvalue weighted by Gasteiger charge is -2.17. The Morgan fingerprint density at radius 1 is 1.17 bits per heavy atom. The molecule has 0 rings (SSSR count). The Morgan fingerprint density at radius 3 is 2.33 bits per heavy atom. The zero-order chi connectivity index (χ0) is 9.23. The molecule has 0 aliphatic heterocycles. The first kappa shape index (κ1) is 12.8. The second kappa shape index (κ2) is 9.87. The number of halogens is 1. The molecule has 0 spiro atoms. The molecule has 0 aromatic heterocycles. The van der Waals surface area contributed by atoms with Crippen LogP contribution in [-0.2, 0) is 0 Å². The number of hydrogen-bond donors (Lipinski definition) is 0. The quantitative estimate of drug-likeness (QED) is 0.484. The molecule has 0 saturated heterocycles. The Labute approximate surface area is 89.4 Å². The third kappa shape index (κ3) is 7.44. The molecule has 0 aliphatic rings. The van der Waals surface area contributed by atoms with Crippen LogP contribution in [0.15, 0.2) is 0 Å². The number of nitrogens with zero attached hydrogens (tertiary/aromatic N) is 1. The molecule has 0 heterocycles. The second-order valence-corrected chi connectivity index (χ2v) is 4.70. The van der Waals surface area contributed by atoms with E-state index in [1.165, 1.54) is 37.6 Å². The zero-order valence-electron chi connectivity index (χ0n) is 8.18. The van der Waals surface area contributed by atoms with E-state index in [-0.39, 0.29) is 0 Å². The molecule has 0 aliphatic carbocycles. The molecule has 0 bridgehead atoms. The molecule has 1 nitrogen and oxygen atoms in total. The minimum atomic E-state index is 1.14. The van der Waals surface area contributed by atoms with E-state index in [4.69, 9.17) is 0 Å². The minimum Gasteiger partial charge on any atom is -0.303 e. The Morgan fingerprint density at radius 2 is 1.83 bits per heavy atom. The van der Waals surface area contributed by atoms with Crippen molar-refractivity contribution < 1.29 is 0 Å². The summed E-state index contributed by atoms with van der Waals surface area (Å²) in [4.78, 5) is 2.47. The van der Waals surface area contributed by atoms with Crippen LogP contribution in [0.2, 0.25) is 0 Å². The van der Waals surface area contributed by atoms with Gasteiger partial charge in [-0.15, -0.1) is 0 Å². The fourth-order valence-electron chi connectivity index (χ4n) is 0.992. The Kier molecular flexibility index (Phi) is 10.5. The maximum absolute atomic E-state index is 3.43. The highest BCUT2D eigenvalue weighted by Crippen LogP contribution is 2.04. The smallest absolute Gasteiger partial charge is 0.00721 e. The van der Waals surface area contributed by atoms with Gasteiger partial charge in [0.25, 0.3) is 0 Å². The van der Waals surface area contributed by atoms with Gasteiger partial charge in [-0.2, -0.15) is 11.8 Å². The highest BCUT2D eigenvalue weighted by Gasteiger charge is 1.97. The van der Waals surface area contributed by atoms with Gasteiger partial charge in [-0.1, -0.05) is 29.8 Å². The lowest BCUT2D eigenvalue weighted by Crippen LogP contribution is -2.25. The van der Waals surface area contributed by atoms with E-state index in [9.17, 15) is 0 Å². The molecular formula is C9H20BrNS. The molecule has 3 heteroatoms. The summed E-state index contributed by atoms with van der Waals surface area (Å²) >= 11 is 5.50. The topological polar surface area (TPSA) is 3.24 Å². The van der Waals surface area contributed by atoms with Crippen LogP contribution in [0.3, 0.4) is 0 Å². The van der Waals surface area contributed by atoms with Crippen LogP contribution in [0.4, 0.5) is 0 Å². The molecule has 0 fully saturated rings. The summed E-state index contributed by atoms with van der Waals surface area (Å²) in [5.74, 6) is 2.58. The fourth-order valence-corrected chi connectivity index (χ4v) is 2.58. The Hall–Kier alpha value is 0.790. The fraction of sp³-hybridized carbons (Fsp3) is 1.00. The van der Waals surface area contributed by atoms with Gasteiger partial charge in [0.1, 0.15) is 0 Å². The molecule has 0 aromatic rings. The highest BCUT2D eigenvalue weighted by molar-refractivity contribution is 9.09. The van der Waals surface area contributed by atoms with Crippen molar-refractivity contribution >= 4 is 27.7 Å². The summed E-state index contributed by atoms with van der Waals surface area (Å²) in [6.45, 7) is 8.09. The highest BCUT2D eigenvalue weighted by atomic mass is 79.9. The molecule has 12 heavy (non-hydrogen) atoms. The van der Waals surface area contributed by atoms with Crippen molar-refractivity contribution in [2.24, 2.45) is 0 Å². The Balaban J connectivity index is 3.06. The van der Waals surface area contributed by atoms with E-state index < -0.39 is 0 Å². The Bertz CT molecular complexity index is 86.6. The van der Waals surface area contributed by atoms with Gasteiger partial charge in [-0.05, 0) is 25.3 Å². The number of alkyl halides is 1. The number of thioether (sulfide) groups is 1. The first-order chi connectivity index (χ1) is 5.85. The maximum Gasteiger partial charge on any atom is 0.00721 e. The monoisotopic (exact) mass is 253 g/mol. The van der Waals surface area contributed by atoms with E-state index in [0.29, 0.717) is 0 Å². The van der Waals surface area contributed by atoms with Gasteiger partial charge in [0.05, 0.1) is 0 Å². The minimum absolute atomic E-state index is 1.14. The van der Waals surface area contributed by atoms with E-state index in [2.05, 4.69) is 46.4 Å². The lowest BCUT2D eigenvalue weighted by atomic mass is 10.5. The van der Waals surface area contributed by atoms with Crippen LogP contribution in [-0.4, -0.2) is 41.4 Å². The molecule has 0 unspecified atom stereocenters. The molecular weight excluding hydrogens is 234 g/mol. The van der Waals surface area contributed by atoms with Gasteiger partial charge in [-0.3, -0.25) is 0 Å². The van der Waals surface area contributed by atoms with E-state index >= 15 is 0 Å². The van der Waals surface area contributed by atoms with Crippen molar-refractivity contribution in [3.8, 4) is 0 Å². The third-order valence-corrected chi connectivity index (χ3v) is 3.48. The number of hydrogen-bond acceptors (Lipinski definition) is 2. The van der Waals surface area contributed by atoms with Gasteiger partial charge in [-0.25, -0.2) is 0 Å². The summed E-state index contributed by atoms with van der Waals surface area (Å²) in [7, 11) is 0. The van der Waals surface area contributed by atoms with Crippen molar-refractivity contribution in [1.82, 2.24) is 4.90 Å². The standard InChI is InChI=1S/C9H20BrNS/c1-3-11(4-2)7-9-12-8-5-6-10/h3-9H2,1-2H3. The lowest BCUT2D eigenvalue weighted by molar-refractivity contribution is 0.324. The zero-order valence-corrected chi connectivity index (χ0v) is 10.6. The first-order valence-corrected chi connectivity index (χ1v) is 6.98. The normalized spacial score (nSPS) is 11.0. The van der Waals surface area contributed by atoms with Crippen LogP contribution >= 0.6 is 27.7 Å². The summed E-state index contributed by atoms with van der Waals surface area (Å²) < 4.78 is 0. The average molecular weight is 254 g/mol. The molecule has 0 atom stereocenters. The van der Waals surface area contributed by atoms with Crippen molar-refractivity contribution in [1.29, 1.82) is 0 Å². The van der Waals surface area contributed by atoms with Crippen LogP contribution in [0.25, 0.3) is 0 Å². The van der Waals surface area contributed by atoms with E-state index in [1.807, 2.05) is 0 Å². The predicted octanol–water partition coefficient (Wildman–Crippen LogP) is 2.85. The molecule has 0 N–H and O–H groups in total. The van der Waals surface area contributed by atoms with E-state index in [0.717, 1.165) is 5.33 Å². The summed E-state index contributed by atoms with van der Waals surface area (Å²) in [5, 5.41) is 1.14. The van der Waals surface area contributed by atoms with Crippen LogP contribution < -0.4 is 0 Å². The third-order valence-electron chi connectivity index (χ3n) is 1.87. The number of rotatable bonds is 8. The second-order valence-electron chi connectivity index (χ2n) is 2.68. The molecule has 74 valence electrons. The van der Waals surface area contributed by atoms with Crippen LogP contribution in [0.1, 0.15) is 20.3 Å². The molecule has 0 saturated carbocycles. The van der Waals surface area contributed by atoms with Crippen molar-refractivity contribution in [2.45, 2.75) is 20.3 Å². The van der Waals surface area contributed by atoms with Crippen LogP contribution in [0, 0.1) is 0 Å². The van der Waals surface area contributed by atoms with Gasteiger partial charge < -0.3 is 4.90 Å². The predicted molar refractivity (Wildman–Crippen MR) is 63.5 cm³/mol. The van der Waals surface area contributed by atoms with E-state index in [1.54, 1.807) is 0 Å². The SMILES string of the molecule is CCN(CC)CCSCCCBr. The molecule has 0 amide bonds. The molecule has 0 aromatic carbocycles. The first-order valence-electron chi connectivity index (χ1n) is 4.71. The van der Waals surface area contributed by atoms with Crippen molar-refractivity contribution in [2.75, 3.05) is 36.5 Å². The summed E-state index contributed by atoms with van der Waals surface area (Å²) in [6.07, 6.45) is 1.29. The van der Waals surface area contributed by atoms with Crippen LogP contribution in [0.5, 0.6) is 0 Å². The van der Waals surface area contributed by atoms with Crippen molar-refractivity contribution in [3.63, 3.8) is 0 Å². The average Bonchev–Trinajstić information content (AvgIpc) is 2.11. The van der Waals surface area contributed by atoms with Gasteiger partial charge in [0.2, 0.25) is 0 Å². The summed E-state index contributed by atoms with van der Waals surface area (Å²) in [5.41, 5.74) is 0. The molecule has 0 radical (unpaired) electrons. The van der Waals surface area contributed by atoms with Gasteiger partial charge >= 0.3 is 0 Å². The van der Waals surface area contributed by atoms with Gasteiger partial charge in [0.15, 0.2) is 0 Å². The summed E-state index contributed by atoms with van der Waals surface area (Å²) in [6, 6.07) is 0.